The Morgan fingerprint density at radius 2 is 1.83 bits per heavy atom. The molecule has 0 atom stereocenters. The Balaban J connectivity index is 2.38. The van der Waals surface area contributed by atoms with E-state index in [1.54, 1.807) is 0 Å². The van der Waals surface area contributed by atoms with Crippen LogP contribution in [-0.2, 0) is 4.79 Å². The summed E-state index contributed by atoms with van der Waals surface area (Å²) in [5.74, 6) is -0.199. The highest BCUT2D eigenvalue weighted by Crippen LogP contribution is 2.25. The van der Waals surface area contributed by atoms with E-state index in [0.29, 0.717) is 5.69 Å². The number of amides is 1. The number of anilines is 1. The first-order chi connectivity index (χ1) is 8.56. The van der Waals surface area contributed by atoms with Gasteiger partial charge in [-0.25, -0.2) is 5.32 Å². The van der Waals surface area contributed by atoms with E-state index in [9.17, 15) is 4.79 Å². The van der Waals surface area contributed by atoms with Gasteiger partial charge < -0.3 is 5.73 Å². The first kappa shape index (κ1) is 12.2. The van der Waals surface area contributed by atoms with Crippen LogP contribution in [0.5, 0.6) is 0 Å². The average molecular weight is 239 g/mol. The van der Waals surface area contributed by atoms with Gasteiger partial charge >= 0.3 is 0 Å². The van der Waals surface area contributed by atoms with Gasteiger partial charge in [-0.2, -0.15) is 0 Å². The lowest BCUT2D eigenvalue weighted by Gasteiger charge is -2.07. The molecule has 0 bridgehead atoms. The molecule has 0 heterocycles. The molecule has 2 N–H and O–H groups in total. The van der Waals surface area contributed by atoms with E-state index in [2.05, 4.69) is 5.32 Å². The highest BCUT2D eigenvalue weighted by molar-refractivity contribution is 5.80. The monoisotopic (exact) mass is 239 g/mol. The van der Waals surface area contributed by atoms with Crippen molar-refractivity contribution >= 4 is 17.3 Å². The molecule has 3 heteroatoms. The van der Waals surface area contributed by atoms with Crippen molar-refractivity contribution in [3.05, 3.63) is 48.0 Å². The topological polar surface area (TPSA) is 57.2 Å². The third-order valence-corrected chi connectivity index (χ3v) is 2.75. The zero-order valence-corrected chi connectivity index (χ0v) is 10.5. The fourth-order valence-corrected chi connectivity index (χ4v) is 1.76. The minimum absolute atomic E-state index is 0.199. The van der Waals surface area contributed by atoms with Gasteiger partial charge in [-0.05, 0) is 41.8 Å². The molecule has 0 fully saturated rings. The lowest BCUT2D eigenvalue weighted by Crippen LogP contribution is -2.04. The number of hydrogen-bond acceptors (Lipinski definition) is 2. The molecule has 0 saturated carbocycles. The Kier molecular flexibility index (Phi) is 3.33. The van der Waals surface area contributed by atoms with E-state index >= 15 is 0 Å². The van der Waals surface area contributed by atoms with Crippen molar-refractivity contribution in [3.63, 3.8) is 0 Å². The molecule has 2 aromatic rings. The zero-order chi connectivity index (χ0) is 13.1. The summed E-state index contributed by atoms with van der Waals surface area (Å²) in [6, 6.07) is 13.5. The molecular formula is C15H15N2O. The summed E-state index contributed by atoms with van der Waals surface area (Å²) in [7, 11) is 0. The first-order valence-electron chi connectivity index (χ1n) is 5.75. The molecule has 0 spiro atoms. The lowest BCUT2D eigenvalue weighted by atomic mass is 10.0. The molecule has 0 aliphatic rings. The molecule has 3 nitrogen and oxygen atoms in total. The number of nitrogens with zero attached hydrogens (tertiary/aromatic N) is 1. The van der Waals surface area contributed by atoms with Crippen LogP contribution in [-0.4, -0.2) is 5.91 Å². The third-order valence-electron chi connectivity index (χ3n) is 2.75. The second kappa shape index (κ2) is 4.92. The molecule has 0 saturated heterocycles. The number of nitrogens with two attached hydrogens (primary N) is 1. The molecule has 2 rings (SSSR count). The maximum atomic E-state index is 11.0. The average Bonchev–Trinajstić information content (AvgIpc) is 2.32. The van der Waals surface area contributed by atoms with Crippen LogP contribution in [0, 0.1) is 6.92 Å². The molecular weight excluding hydrogens is 224 g/mol. The van der Waals surface area contributed by atoms with E-state index < -0.39 is 0 Å². The van der Waals surface area contributed by atoms with Crippen molar-refractivity contribution in [2.75, 3.05) is 5.73 Å². The van der Waals surface area contributed by atoms with Crippen LogP contribution < -0.4 is 11.1 Å². The maximum absolute atomic E-state index is 11.0. The van der Waals surface area contributed by atoms with E-state index in [4.69, 9.17) is 5.73 Å². The number of hydrogen-bond donors (Lipinski definition) is 1. The molecule has 0 aliphatic heterocycles. The summed E-state index contributed by atoms with van der Waals surface area (Å²) in [6.45, 7) is 3.41. The second-order valence-electron chi connectivity index (χ2n) is 4.25. The fraction of sp³-hybridized carbons (Fsp3) is 0.133. The van der Waals surface area contributed by atoms with Crippen LogP contribution >= 0.6 is 0 Å². The summed E-state index contributed by atoms with van der Waals surface area (Å²) in [5, 5.41) is 3.92. The van der Waals surface area contributed by atoms with E-state index in [0.717, 1.165) is 22.4 Å². The Hall–Kier alpha value is -2.29. The summed E-state index contributed by atoms with van der Waals surface area (Å²) in [4.78, 5) is 11.0. The SMILES string of the molecule is CC(=O)[N]c1cccc(-c2ccc(C)c(N)c2)c1. The summed E-state index contributed by atoms with van der Waals surface area (Å²) >= 11 is 0. The molecule has 0 aromatic heterocycles. The lowest BCUT2D eigenvalue weighted by molar-refractivity contribution is -0.118. The summed E-state index contributed by atoms with van der Waals surface area (Å²) in [5.41, 5.74) is 10.4. The molecule has 1 amide bonds. The molecule has 0 unspecified atom stereocenters. The molecule has 1 radical (unpaired) electrons. The van der Waals surface area contributed by atoms with Gasteiger partial charge in [0.15, 0.2) is 0 Å². The molecule has 0 aliphatic carbocycles. The third kappa shape index (κ3) is 2.69. The van der Waals surface area contributed by atoms with Crippen molar-refractivity contribution in [3.8, 4) is 11.1 Å². The van der Waals surface area contributed by atoms with Gasteiger partial charge in [0.25, 0.3) is 0 Å². The molecule has 91 valence electrons. The quantitative estimate of drug-likeness (QED) is 0.819. The number of rotatable bonds is 2. The Morgan fingerprint density at radius 3 is 2.50 bits per heavy atom. The predicted molar refractivity (Wildman–Crippen MR) is 73.5 cm³/mol. The Morgan fingerprint density at radius 1 is 1.11 bits per heavy atom. The second-order valence-corrected chi connectivity index (χ2v) is 4.25. The van der Waals surface area contributed by atoms with E-state index in [-0.39, 0.29) is 5.91 Å². The number of nitrogen functional groups attached to an aromatic ring is 1. The number of aryl methyl sites for hydroxylation is 1. The number of carbonyl (C=O) groups is 1. The van der Waals surface area contributed by atoms with Gasteiger partial charge in [-0.3, -0.25) is 4.79 Å². The van der Waals surface area contributed by atoms with Crippen LogP contribution in [0.25, 0.3) is 11.1 Å². The largest absolute Gasteiger partial charge is 0.398 e. The molecule has 18 heavy (non-hydrogen) atoms. The van der Waals surface area contributed by atoms with Gasteiger partial charge in [0.05, 0.1) is 5.69 Å². The maximum Gasteiger partial charge on any atom is 0.243 e. The van der Waals surface area contributed by atoms with E-state index in [1.807, 2.05) is 49.4 Å². The van der Waals surface area contributed by atoms with Gasteiger partial charge in [-0.1, -0.05) is 24.3 Å². The van der Waals surface area contributed by atoms with Crippen LogP contribution in [0.4, 0.5) is 11.4 Å². The predicted octanol–water partition coefficient (Wildman–Crippen LogP) is 3.03. The summed E-state index contributed by atoms with van der Waals surface area (Å²) in [6.07, 6.45) is 0. The van der Waals surface area contributed by atoms with Crippen LogP contribution in [0.1, 0.15) is 12.5 Å². The minimum atomic E-state index is -0.199. The number of benzene rings is 2. The first-order valence-corrected chi connectivity index (χ1v) is 5.75. The highest BCUT2D eigenvalue weighted by atomic mass is 16.1. The van der Waals surface area contributed by atoms with Crippen molar-refractivity contribution in [2.45, 2.75) is 13.8 Å². The van der Waals surface area contributed by atoms with Crippen LogP contribution in [0.15, 0.2) is 42.5 Å². The van der Waals surface area contributed by atoms with Crippen molar-refractivity contribution < 1.29 is 4.79 Å². The highest BCUT2D eigenvalue weighted by Gasteiger charge is 2.03. The molecule has 2 aromatic carbocycles. The van der Waals surface area contributed by atoms with Gasteiger partial charge in [0, 0.05) is 12.6 Å². The Bertz CT molecular complexity index is 591. The van der Waals surface area contributed by atoms with Crippen LogP contribution in [0.2, 0.25) is 0 Å². The van der Waals surface area contributed by atoms with Gasteiger partial charge in [-0.15, -0.1) is 0 Å². The fourth-order valence-electron chi connectivity index (χ4n) is 1.76. The zero-order valence-electron chi connectivity index (χ0n) is 10.5. The van der Waals surface area contributed by atoms with E-state index in [1.165, 1.54) is 6.92 Å². The Labute approximate surface area is 107 Å². The smallest absolute Gasteiger partial charge is 0.243 e. The normalized spacial score (nSPS) is 10.1. The van der Waals surface area contributed by atoms with Crippen molar-refractivity contribution in [1.82, 2.24) is 5.32 Å². The number of carbonyl (C=O) groups excluding carboxylic acids is 1. The van der Waals surface area contributed by atoms with Gasteiger partial charge in [0.1, 0.15) is 0 Å². The van der Waals surface area contributed by atoms with Crippen molar-refractivity contribution in [2.24, 2.45) is 0 Å². The minimum Gasteiger partial charge on any atom is -0.398 e. The van der Waals surface area contributed by atoms with Gasteiger partial charge in [0.2, 0.25) is 5.91 Å². The standard InChI is InChI=1S/C15H15N2O/c1-10-6-7-13(9-15(10)16)12-4-3-5-14(8-12)17-11(2)18/h3-9H,16H2,1-2H3. The van der Waals surface area contributed by atoms with Crippen molar-refractivity contribution in [1.29, 1.82) is 0 Å². The van der Waals surface area contributed by atoms with Crippen LogP contribution in [0.3, 0.4) is 0 Å². The summed E-state index contributed by atoms with van der Waals surface area (Å²) < 4.78 is 0.